The smallest absolute Gasteiger partial charge is 0.340 e. The molecule has 2 rings (SSSR count). The third kappa shape index (κ3) is 3.15. The molecule has 102 valence electrons. The number of hydrogen-bond acceptors (Lipinski definition) is 6. The van der Waals surface area contributed by atoms with Gasteiger partial charge in [0.2, 0.25) is 0 Å². The van der Waals surface area contributed by atoms with Gasteiger partial charge in [0.15, 0.2) is 0 Å². The molecule has 1 aliphatic heterocycles. The average Bonchev–Trinajstić information content (AvgIpc) is 2.47. The lowest BCUT2D eigenvalue weighted by atomic mass is 10.0. The number of hydrogen-bond donors (Lipinski definition) is 0. The maximum Gasteiger partial charge on any atom is 0.340 e. The molecule has 0 aliphatic carbocycles. The third-order valence-electron chi connectivity index (χ3n) is 3.11. The SMILES string of the molecule is COC(=O)c1c(CN2CCOCC2)cccc1N=O. The van der Waals surface area contributed by atoms with Crippen molar-refractivity contribution < 1.29 is 14.3 Å². The lowest BCUT2D eigenvalue weighted by molar-refractivity contribution is 0.0338. The van der Waals surface area contributed by atoms with Crippen LogP contribution in [-0.4, -0.2) is 44.3 Å². The Kier molecular flexibility index (Phi) is 4.59. The monoisotopic (exact) mass is 264 g/mol. The first kappa shape index (κ1) is 13.6. The van der Waals surface area contributed by atoms with Crippen molar-refractivity contribution in [3.05, 3.63) is 34.2 Å². The van der Waals surface area contributed by atoms with Gasteiger partial charge in [0.05, 0.1) is 25.9 Å². The van der Waals surface area contributed by atoms with Crippen molar-refractivity contribution in [2.75, 3.05) is 33.4 Å². The third-order valence-corrected chi connectivity index (χ3v) is 3.11. The summed E-state index contributed by atoms with van der Waals surface area (Å²) in [7, 11) is 1.29. The Labute approximate surface area is 111 Å². The predicted molar refractivity (Wildman–Crippen MR) is 69.3 cm³/mol. The predicted octanol–water partition coefficient (Wildman–Crippen LogP) is 1.70. The highest BCUT2D eigenvalue weighted by Gasteiger charge is 2.20. The zero-order valence-corrected chi connectivity index (χ0v) is 10.8. The first-order valence-electron chi connectivity index (χ1n) is 6.10. The molecule has 0 saturated carbocycles. The summed E-state index contributed by atoms with van der Waals surface area (Å²) in [6, 6.07) is 5.05. The average molecular weight is 264 g/mol. The van der Waals surface area contributed by atoms with E-state index in [9.17, 15) is 9.70 Å². The molecule has 6 heteroatoms. The maximum absolute atomic E-state index is 11.8. The molecule has 1 heterocycles. The van der Waals surface area contributed by atoms with Gasteiger partial charge in [-0.1, -0.05) is 12.1 Å². The largest absolute Gasteiger partial charge is 0.465 e. The molecule has 1 saturated heterocycles. The molecule has 1 aromatic carbocycles. The first-order valence-corrected chi connectivity index (χ1v) is 6.10. The van der Waals surface area contributed by atoms with Crippen LogP contribution in [0.1, 0.15) is 15.9 Å². The summed E-state index contributed by atoms with van der Waals surface area (Å²) in [5.41, 5.74) is 1.13. The van der Waals surface area contributed by atoms with Crippen LogP contribution in [0.3, 0.4) is 0 Å². The fourth-order valence-corrected chi connectivity index (χ4v) is 2.13. The fourth-order valence-electron chi connectivity index (χ4n) is 2.13. The Hall–Kier alpha value is -1.79. The van der Waals surface area contributed by atoms with E-state index in [4.69, 9.17) is 9.47 Å². The van der Waals surface area contributed by atoms with Crippen LogP contribution in [-0.2, 0) is 16.0 Å². The molecule has 0 atom stereocenters. The van der Waals surface area contributed by atoms with Crippen molar-refractivity contribution in [1.82, 2.24) is 4.90 Å². The number of rotatable bonds is 4. The van der Waals surface area contributed by atoms with Crippen LogP contribution in [0.15, 0.2) is 23.4 Å². The Bertz CT molecular complexity index is 470. The quantitative estimate of drug-likeness (QED) is 0.611. The van der Waals surface area contributed by atoms with Crippen molar-refractivity contribution >= 4 is 11.7 Å². The minimum atomic E-state index is -0.529. The summed E-state index contributed by atoms with van der Waals surface area (Å²) in [5, 5.41) is 2.90. The second-order valence-electron chi connectivity index (χ2n) is 4.28. The molecule has 0 aromatic heterocycles. The zero-order valence-electron chi connectivity index (χ0n) is 10.8. The van der Waals surface area contributed by atoms with Gasteiger partial charge >= 0.3 is 5.97 Å². The molecular formula is C13H16N2O4. The Morgan fingerprint density at radius 3 is 2.79 bits per heavy atom. The number of ether oxygens (including phenoxy) is 2. The molecule has 19 heavy (non-hydrogen) atoms. The van der Waals surface area contributed by atoms with Gasteiger partial charge in [-0.25, -0.2) is 4.79 Å². The van der Waals surface area contributed by atoms with Crippen LogP contribution in [0.5, 0.6) is 0 Å². The summed E-state index contributed by atoms with van der Waals surface area (Å²) >= 11 is 0. The Morgan fingerprint density at radius 2 is 2.16 bits per heavy atom. The highest BCUT2D eigenvalue weighted by molar-refractivity contribution is 5.96. The first-order chi connectivity index (χ1) is 9.26. The normalized spacial score (nSPS) is 16.1. The molecule has 1 aliphatic rings. The van der Waals surface area contributed by atoms with Crippen molar-refractivity contribution in [3.8, 4) is 0 Å². The summed E-state index contributed by atoms with van der Waals surface area (Å²) in [6.45, 7) is 3.55. The minimum Gasteiger partial charge on any atom is -0.465 e. The molecule has 0 N–H and O–H groups in total. The molecule has 0 radical (unpaired) electrons. The fraction of sp³-hybridized carbons (Fsp3) is 0.462. The number of carbonyl (C=O) groups is 1. The van der Waals surface area contributed by atoms with Crippen LogP contribution in [0.4, 0.5) is 5.69 Å². The van der Waals surface area contributed by atoms with Gasteiger partial charge in [-0.15, -0.1) is 4.91 Å². The lowest BCUT2D eigenvalue weighted by Crippen LogP contribution is -2.36. The Balaban J connectivity index is 2.27. The number of benzene rings is 1. The van der Waals surface area contributed by atoms with Gasteiger partial charge in [0, 0.05) is 19.6 Å². The molecule has 1 fully saturated rings. The number of methoxy groups -OCH3 is 1. The zero-order chi connectivity index (χ0) is 13.7. The standard InChI is InChI=1S/C13H16N2O4/c1-18-13(16)12-10(3-2-4-11(12)14-17)9-15-5-7-19-8-6-15/h2-4H,5-9H2,1H3. The second kappa shape index (κ2) is 6.40. The van der Waals surface area contributed by atoms with Gasteiger partial charge in [-0.05, 0) is 16.8 Å². The van der Waals surface area contributed by atoms with Gasteiger partial charge < -0.3 is 9.47 Å². The van der Waals surface area contributed by atoms with E-state index in [0.717, 1.165) is 18.7 Å². The van der Waals surface area contributed by atoms with E-state index in [1.807, 2.05) is 6.07 Å². The van der Waals surface area contributed by atoms with E-state index < -0.39 is 5.97 Å². The minimum absolute atomic E-state index is 0.123. The number of esters is 1. The van der Waals surface area contributed by atoms with Crippen LogP contribution in [0, 0.1) is 4.91 Å². The van der Waals surface area contributed by atoms with E-state index in [1.54, 1.807) is 6.07 Å². The molecule has 0 spiro atoms. The summed E-state index contributed by atoms with van der Waals surface area (Å²) in [4.78, 5) is 24.8. The van der Waals surface area contributed by atoms with Crippen LogP contribution >= 0.6 is 0 Å². The molecule has 0 amide bonds. The summed E-state index contributed by atoms with van der Waals surface area (Å²) in [6.07, 6.45) is 0. The van der Waals surface area contributed by atoms with E-state index in [-0.39, 0.29) is 11.3 Å². The molecule has 0 unspecified atom stereocenters. The topological polar surface area (TPSA) is 68.2 Å². The van der Waals surface area contributed by atoms with Crippen LogP contribution in [0.2, 0.25) is 0 Å². The number of carbonyl (C=O) groups excluding carboxylic acids is 1. The highest BCUT2D eigenvalue weighted by atomic mass is 16.5. The molecule has 6 nitrogen and oxygen atoms in total. The summed E-state index contributed by atoms with van der Waals surface area (Å²) < 4.78 is 10.0. The van der Waals surface area contributed by atoms with E-state index in [0.29, 0.717) is 19.8 Å². The molecule has 1 aromatic rings. The van der Waals surface area contributed by atoms with E-state index in [2.05, 4.69) is 10.1 Å². The van der Waals surface area contributed by atoms with Gasteiger partial charge in [-0.3, -0.25) is 4.90 Å². The van der Waals surface area contributed by atoms with Gasteiger partial charge in [0.25, 0.3) is 0 Å². The lowest BCUT2D eigenvalue weighted by Gasteiger charge is -2.27. The summed E-state index contributed by atoms with van der Waals surface area (Å²) in [5.74, 6) is -0.529. The van der Waals surface area contributed by atoms with Crippen molar-refractivity contribution in [1.29, 1.82) is 0 Å². The number of nitrogens with zero attached hydrogens (tertiary/aromatic N) is 2. The van der Waals surface area contributed by atoms with Crippen LogP contribution < -0.4 is 0 Å². The van der Waals surface area contributed by atoms with E-state index >= 15 is 0 Å². The molecular weight excluding hydrogens is 248 g/mol. The van der Waals surface area contributed by atoms with Crippen LogP contribution in [0.25, 0.3) is 0 Å². The number of nitroso groups, excluding NO2 is 1. The maximum atomic E-state index is 11.8. The van der Waals surface area contributed by atoms with Crippen molar-refractivity contribution in [2.24, 2.45) is 5.18 Å². The second-order valence-corrected chi connectivity index (χ2v) is 4.28. The van der Waals surface area contributed by atoms with E-state index in [1.165, 1.54) is 13.2 Å². The number of morpholine rings is 1. The Morgan fingerprint density at radius 1 is 1.42 bits per heavy atom. The van der Waals surface area contributed by atoms with Gasteiger partial charge in [-0.2, -0.15) is 0 Å². The van der Waals surface area contributed by atoms with Crippen molar-refractivity contribution in [3.63, 3.8) is 0 Å². The highest BCUT2D eigenvalue weighted by Crippen LogP contribution is 2.25. The van der Waals surface area contributed by atoms with Crippen molar-refractivity contribution in [2.45, 2.75) is 6.54 Å². The molecule has 0 bridgehead atoms. The van der Waals surface area contributed by atoms with Gasteiger partial charge in [0.1, 0.15) is 5.69 Å².